The molecule has 0 amide bonds. The van der Waals surface area contributed by atoms with Gasteiger partial charge in [-0.1, -0.05) is 0 Å². The molecule has 0 unspecified atom stereocenters. The lowest BCUT2D eigenvalue weighted by Gasteiger charge is -2.10. The molecule has 0 bridgehead atoms. The second kappa shape index (κ2) is 8.79. The number of benzene rings is 2. The van der Waals surface area contributed by atoms with E-state index in [1.54, 1.807) is 38.1 Å². The predicted molar refractivity (Wildman–Crippen MR) is 99.5 cm³/mol. The highest BCUT2D eigenvalue weighted by Gasteiger charge is 2.17. The minimum Gasteiger partial charge on any atom is -0.497 e. The topological polar surface area (TPSA) is 98.8 Å². The number of carbonyl (C=O) groups excluding carboxylic acids is 2. The van der Waals surface area contributed by atoms with Gasteiger partial charge in [0.05, 0.1) is 17.6 Å². The summed E-state index contributed by atoms with van der Waals surface area (Å²) in [5, 5.41) is 0. The third-order valence-electron chi connectivity index (χ3n) is 3.54. The van der Waals surface area contributed by atoms with Crippen molar-refractivity contribution >= 4 is 21.8 Å². The first-order chi connectivity index (χ1) is 12.7. The van der Waals surface area contributed by atoms with E-state index in [-0.39, 0.29) is 22.3 Å². The van der Waals surface area contributed by atoms with E-state index in [0.29, 0.717) is 11.3 Å². The van der Waals surface area contributed by atoms with Crippen molar-refractivity contribution < 1.29 is 27.5 Å². The van der Waals surface area contributed by atoms with Gasteiger partial charge in [-0.05, 0) is 62.4 Å². The fourth-order valence-electron chi connectivity index (χ4n) is 2.22. The Kier molecular flexibility index (Phi) is 6.70. The summed E-state index contributed by atoms with van der Waals surface area (Å²) in [6, 6.07) is 11.5. The van der Waals surface area contributed by atoms with E-state index in [1.165, 1.54) is 31.4 Å². The van der Waals surface area contributed by atoms with Crippen molar-refractivity contribution in [3.05, 3.63) is 59.7 Å². The molecule has 0 aliphatic heterocycles. The molecule has 2 aromatic carbocycles. The Bertz CT molecular complexity index is 902. The van der Waals surface area contributed by atoms with E-state index in [1.807, 2.05) is 0 Å². The molecule has 8 heteroatoms. The molecule has 0 spiro atoms. The van der Waals surface area contributed by atoms with Gasteiger partial charge >= 0.3 is 5.97 Å². The van der Waals surface area contributed by atoms with E-state index in [9.17, 15) is 18.0 Å². The molecule has 0 atom stereocenters. The average molecular weight is 391 g/mol. The van der Waals surface area contributed by atoms with Gasteiger partial charge in [-0.2, -0.15) is 0 Å². The third-order valence-corrected chi connectivity index (χ3v) is 5.21. The summed E-state index contributed by atoms with van der Waals surface area (Å²) in [5.74, 6) is -0.450. The van der Waals surface area contributed by atoms with Gasteiger partial charge in [-0.15, -0.1) is 0 Å². The molecular weight excluding hydrogens is 370 g/mol. The van der Waals surface area contributed by atoms with Crippen LogP contribution in [0.4, 0.5) is 0 Å². The first-order valence-electron chi connectivity index (χ1n) is 8.19. The van der Waals surface area contributed by atoms with Crippen molar-refractivity contribution in [2.75, 3.05) is 13.7 Å². The summed E-state index contributed by atoms with van der Waals surface area (Å²) >= 11 is 0. The summed E-state index contributed by atoms with van der Waals surface area (Å²) in [4.78, 5) is 24.2. The van der Waals surface area contributed by atoms with Crippen LogP contribution in [0.15, 0.2) is 53.4 Å². The molecule has 0 saturated heterocycles. The van der Waals surface area contributed by atoms with E-state index in [0.717, 1.165) is 0 Å². The third kappa shape index (κ3) is 5.63. The highest BCUT2D eigenvalue weighted by molar-refractivity contribution is 7.89. The van der Waals surface area contributed by atoms with Crippen LogP contribution in [0.1, 0.15) is 34.6 Å². The molecule has 144 valence electrons. The van der Waals surface area contributed by atoms with Gasteiger partial charge in [0.2, 0.25) is 10.0 Å². The van der Waals surface area contributed by atoms with Crippen molar-refractivity contribution in [1.82, 2.24) is 4.72 Å². The van der Waals surface area contributed by atoms with Crippen LogP contribution >= 0.6 is 0 Å². The van der Waals surface area contributed by atoms with Gasteiger partial charge in [-0.3, -0.25) is 4.79 Å². The van der Waals surface area contributed by atoms with Crippen LogP contribution in [0.3, 0.4) is 0 Å². The van der Waals surface area contributed by atoms with E-state index >= 15 is 0 Å². The normalized spacial score (nSPS) is 11.3. The van der Waals surface area contributed by atoms with Crippen molar-refractivity contribution in [2.24, 2.45) is 0 Å². The lowest BCUT2D eigenvalue weighted by atomic mass is 10.1. The van der Waals surface area contributed by atoms with Crippen molar-refractivity contribution in [3.8, 4) is 5.75 Å². The van der Waals surface area contributed by atoms with Crippen LogP contribution in [-0.2, 0) is 14.8 Å². The Morgan fingerprint density at radius 1 is 0.963 bits per heavy atom. The molecule has 0 aliphatic carbocycles. The molecule has 0 heterocycles. The van der Waals surface area contributed by atoms with Gasteiger partial charge < -0.3 is 9.47 Å². The SMILES string of the molecule is COc1ccc(C(=O)COC(=O)c2ccc(S(=O)(=O)NC(C)C)cc2)cc1. The largest absolute Gasteiger partial charge is 0.497 e. The Morgan fingerprint density at radius 2 is 1.52 bits per heavy atom. The van der Waals surface area contributed by atoms with Crippen molar-refractivity contribution in [2.45, 2.75) is 24.8 Å². The second-order valence-corrected chi connectivity index (χ2v) is 7.74. The first kappa shape index (κ1) is 20.6. The average Bonchev–Trinajstić information content (AvgIpc) is 2.65. The van der Waals surface area contributed by atoms with Crippen LogP contribution < -0.4 is 9.46 Å². The summed E-state index contributed by atoms with van der Waals surface area (Å²) in [6.07, 6.45) is 0. The molecule has 2 aromatic rings. The number of esters is 1. The summed E-state index contributed by atoms with van der Waals surface area (Å²) in [5.41, 5.74) is 0.547. The number of rotatable bonds is 8. The Hall–Kier alpha value is -2.71. The number of hydrogen-bond donors (Lipinski definition) is 1. The minimum absolute atomic E-state index is 0.0436. The van der Waals surface area contributed by atoms with Crippen LogP contribution in [0.5, 0.6) is 5.75 Å². The number of methoxy groups -OCH3 is 1. The van der Waals surface area contributed by atoms with Gasteiger partial charge in [0.25, 0.3) is 0 Å². The number of Topliss-reactive ketones (excluding diaryl/α,β-unsaturated/α-hetero) is 1. The molecule has 27 heavy (non-hydrogen) atoms. The van der Waals surface area contributed by atoms with E-state index in [2.05, 4.69) is 4.72 Å². The van der Waals surface area contributed by atoms with Gasteiger partial charge in [0, 0.05) is 11.6 Å². The summed E-state index contributed by atoms with van der Waals surface area (Å²) in [7, 11) is -2.11. The Labute approximate surface area is 158 Å². The van der Waals surface area contributed by atoms with Crippen molar-refractivity contribution in [3.63, 3.8) is 0 Å². The maximum absolute atomic E-state index is 12.1. The summed E-state index contributed by atoms with van der Waals surface area (Å²) < 4.78 is 36.6. The quantitative estimate of drug-likeness (QED) is 0.548. The maximum Gasteiger partial charge on any atom is 0.338 e. The Morgan fingerprint density at radius 3 is 2.04 bits per heavy atom. The highest BCUT2D eigenvalue weighted by atomic mass is 32.2. The molecule has 7 nitrogen and oxygen atoms in total. The monoisotopic (exact) mass is 391 g/mol. The van der Waals surface area contributed by atoms with E-state index < -0.39 is 22.6 Å². The molecule has 0 fully saturated rings. The maximum atomic E-state index is 12.1. The minimum atomic E-state index is -3.64. The Balaban J connectivity index is 1.98. The highest BCUT2D eigenvalue weighted by Crippen LogP contribution is 2.14. The number of ether oxygens (including phenoxy) is 2. The van der Waals surface area contributed by atoms with Crippen LogP contribution in [-0.4, -0.2) is 39.9 Å². The molecule has 0 aliphatic rings. The second-order valence-electron chi connectivity index (χ2n) is 6.03. The number of hydrogen-bond acceptors (Lipinski definition) is 6. The van der Waals surface area contributed by atoms with Gasteiger partial charge in [-0.25, -0.2) is 17.9 Å². The standard InChI is InChI=1S/C19H21NO6S/c1-13(2)20-27(23,24)17-10-6-15(7-11-17)19(22)26-12-18(21)14-4-8-16(25-3)9-5-14/h4-11,13,20H,12H2,1-3H3. The van der Waals surface area contributed by atoms with E-state index in [4.69, 9.17) is 9.47 Å². The van der Waals surface area contributed by atoms with Crippen LogP contribution in [0.2, 0.25) is 0 Å². The first-order valence-corrected chi connectivity index (χ1v) is 9.68. The molecule has 0 saturated carbocycles. The zero-order chi connectivity index (χ0) is 20.0. The zero-order valence-corrected chi connectivity index (χ0v) is 16.1. The lowest BCUT2D eigenvalue weighted by Crippen LogP contribution is -2.30. The zero-order valence-electron chi connectivity index (χ0n) is 15.3. The van der Waals surface area contributed by atoms with Gasteiger partial charge in [0.15, 0.2) is 12.4 Å². The summed E-state index contributed by atoms with van der Waals surface area (Å²) in [6.45, 7) is 3.01. The number of carbonyl (C=O) groups is 2. The predicted octanol–water partition coefficient (Wildman–Crippen LogP) is 2.42. The number of nitrogens with one attached hydrogen (secondary N) is 1. The fraction of sp³-hybridized carbons (Fsp3) is 0.263. The smallest absolute Gasteiger partial charge is 0.338 e. The lowest BCUT2D eigenvalue weighted by molar-refractivity contribution is 0.0474. The van der Waals surface area contributed by atoms with Gasteiger partial charge in [0.1, 0.15) is 5.75 Å². The number of ketones is 1. The molecule has 1 N–H and O–H groups in total. The van der Waals surface area contributed by atoms with Crippen LogP contribution in [0, 0.1) is 0 Å². The molecule has 0 aromatic heterocycles. The molecular formula is C19H21NO6S. The fourth-order valence-corrected chi connectivity index (χ4v) is 3.47. The van der Waals surface area contributed by atoms with Crippen molar-refractivity contribution in [1.29, 1.82) is 0 Å². The molecule has 0 radical (unpaired) electrons. The van der Waals surface area contributed by atoms with Crippen LogP contribution in [0.25, 0.3) is 0 Å². The molecule has 2 rings (SSSR count). The number of sulfonamides is 1.